The van der Waals surface area contributed by atoms with Gasteiger partial charge in [-0.25, -0.2) is 0 Å². The Kier molecular flexibility index (Phi) is 9.37. The van der Waals surface area contributed by atoms with E-state index >= 15 is 0 Å². The van der Waals surface area contributed by atoms with Crippen LogP contribution in [-0.2, 0) is 34.4 Å². The van der Waals surface area contributed by atoms with E-state index in [4.69, 9.17) is 13.7 Å². The summed E-state index contributed by atoms with van der Waals surface area (Å²) in [6, 6.07) is 16.6. The Bertz CT molecular complexity index is 1330. The van der Waals surface area contributed by atoms with Crippen LogP contribution in [0.3, 0.4) is 0 Å². The van der Waals surface area contributed by atoms with Crippen molar-refractivity contribution in [2.75, 3.05) is 39.8 Å². The van der Waals surface area contributed by atoms with E-state index in [9.17, 15) is 18.3 Å². The number of rotatable bonds is 12. The molecule has 0 unspecified atom stereocenters. The van der Waals surface area contributed by atoms with E-state index in [0.717, 1.165) is 17.0 Å². The van der Waals surface area contributed by atoms with E-state index in [1.54, 1.807) is 31.4 Å². The number of methoxy groups -OCH3 is 2. The number of aliphatic hydroxyl groups excluding tert-OH is 1. The highest BCUT2D eigenvalue weighted by Gasteiger charge is 2.24. The van der Waals surface area contributed by atoms with Gasteiger partial charge in [0.15, 0.2) is 11.5 Å². The van der Waals surface area contributed by atoms with Gasteiger partial charge in [-0.05, 0) is 47.9 Å². The number of benzene rings is 3. The molecule has 3 rings (SSSR count). The van der Waals surface area contributed by atoms with Gasteiger partial charge >= 0.3 is 10.1 Å². The molecule has 1 amide bonds. The van der Waals surface area contributed by atoms with Gasteiger partial charge in [0, 0.05) is 26.2 Å². The van der Waals surface area contributed by atoms with E-state index in [1.807, 2.05) is 37.2 Å². The number of carbonyl (C=O) groups excluding carboxylic acids is 1. The predicted molar refractivity (Wildman–Crippen MR) is 141 cm³/mol. The highest BCUT2D eigenvalue weighted by Crippen LogP contribution is 2.36. The lowest BCUT2D eigenvalue weighted by Gasteiger charge is -2.18. The molecule has 0 fully saturated rings. The van der Waals surface area contributed by atoms with E-state index in [0.29, 0.717) is 18.5 Å². The lowest BCUT2D eigenvalue weighted by Crippen LogP contribution is -2.27. The maximum Gasteiger partial charge on any atom is 0.339 e. The largest absolute Gasteiger partial charge is 0.495 e. The van der Waals surface area contributed by atoms with Crippen molar-refractivity contribution < 1.29 is 32.0 Å². The number of amides is 1. The molecule has 3 aromatic rings. The first-order valence-corrected chi connectivity index (χ1v) is 13.0. The second-order valence-corrected chi connectivity index (χ2v) is 9.97. The fourth-order valence-electron chi connectivity index (χ4n) is 3.81. The molecule has 10 heteroatoms. The second-order valence-electron chi connectivity index (χ2n) is 8.42. The summed E-state index contributed by atoms with van der Waals surface area (Å²) >= 11 is 0. The van der Waals surface area contributed by atoms with Gasteiger partial charge in [-0.15, -0.1) is 0 Å². The van der Waals surface area contributed by atoms with Crippen LogP contribution in [0.1, 0.15) is 16.7 Å². The van der Waals surface area contributed by atoms with Crippen LogP contribution < -0.4 is 23.9 Å². The smallest absolute Gasteiger partial charge is 0.339 e. The summed E-state index contributed by atoms with van der Waals surface area (Å²) in [7, 11) is 2.66. The molecule has 37 heavy (non-hydrogen) atoms. The van der Waals surface area contributed by atoms with Gasteiger partial charge in [0.2, 0.25) is 5.91 Å². The molecule has 0 spiro atoms. The molecule has 9 nitrogen and oxygen atoms in total. The van der Waals surface area contributed by atoms with Gasteiger partial charge in [-0.3, -0.25) is 4.79 Å². The van der Waals surface area contributed by atoms with Crippen molar-refractivity contribution in [3.63, 3.8) is 0 Å². The van der Waals surface area contributed by atoms with Crippen molar-refractivity contribution in [3.05, 3.63) is 77.4 Å². The highest BCUT2D eigenvalue weighted by atomic mass is 32.2. The summed E-state index contributed by atoms with van der Waals surface area (Å²) in [4.78, 5) is 14.6. The van der Waals surface area contributed by atoms with Crippen molar-refractivity contribution in [1.82, 2.24) is 5.32 Å². The van der Waals surface area contributed by atoms with Crippen LogP contribution in [0.4, 0.5) is 5.69 Å². The van der Waals surface area contributed by atoms with E-state index < -0.39 is 16.7 Å². The number of hydrogen-bond donors (Lipinski definition) is 2. The minimum absolute atomic E-state index is 0.0416. The van der Waals surface area contributed by atoms with Gasteiger partial charge in [-0.2, -0.15) is 8.42 Å². The first kappa shape index (κ1) is 27.8. The molecule has 0 aliphatic carbocycles. The predicted octanol–water partition coefficient (Wildman–Crippen LogP) is 2.93. The SMILES string of the molecule is COc1ccc(CCNC(=O)Cc2ccc(OC)c(OS(=O)(=O)c3ccccc3)c2CO)cc1N(C)C. The normalized spacial score (nSPS) is 11.1. The molecule has 3 aromatic carbocycles. The molecule has 0 saturated carbocycles. The molecular weight excluding hydrogens is 496 g/mol. The van der Waals surface area contributed by atoms with Gasteiger partial charge in [-0.1, -0.05) is 30.3 Å². The van der Waals surface area contributed by atoms with E-state index in [-0.39, 0.29) is 34.3 Å². The lowest BCUT2D eigenvalue weighted by molar-refractivity contribution is -0.120. The Labute approximate surface area is 217 Å². The molecule has 198 valence electrons. The van der Waals surface area contributed by atoms with Crippen LogP contribution in [0.5, 0.6) is 17.2 Å². The van der Waals surface area contributed by atoms with Gasteiger partial charge in [0.05, 0.1) is 32.9 Å². The minimum atomic E-state index is -4.19. The monoisotopic (exact) mass is 528 g/mol. The van der Waals surface area contributed by atoms with Crippen molar-refractivity contribution in [1.29, 1.82) is 0 Å². The molecule has 0 heterocycles. The van der Waals surface area contributed by atoms with Gasteiger partial charge < -0.3 is 29.0 Å². The van der Waals surface area contributed by atoms with Crippen LogP contribution in [0.2, 0.25) is 0 Å². The number of anilines is 1. The zero-order valence-corrected chi connectivity index (χ0v) is 22.2. The quantitative estimate of drug-likeness (QED) is 0.345. The molecule has 2 N–H and O–H groups in total. The summed E-state index contributed by atoms with van der Waals surface area (Å²) in [6.45, 7) is -0.146. The average Bonchev–Trinajstić information content (AvgIpc) is 2.89. The number of carbonyl (C=O) groups is 1. The third-order valence-corrected chi connectivity index (χ3v) is 6.97. The van der Waals surface area contributed by atoms with Crippen molar-refractivity contribution in [2.45, 2.75) is 24.3 Å². The Morgan fingerprint density at radius 3 is 2.27 bits per heavy atom. The first-order chi connectivity index (χ1) is 17.7. The van der Waals surface area contributed by atoms with Gasteiger partial charge in [0.1, 0.15) is 10.6 Å². The summed E-state index contributed by atoms with van der Waals surface area (Å²) < 4.78 is 41.7. The summed E-state index contributed by atoms with van der Waals surface area (Å²) in [5, 5.41) is 12.9. The van der Waals surface area contributed by atoms with E-state index in [2.05, 4.69) is 5.32 Å². The lowest BCUT2D eigenvalue weighted by atomic mass is 10.0. The maximum absolute atomic E-state index is 12.8. The molecule has 0 aliphatic heterocycles. The standard InChI is InChI=1S/C27H32N2O7S/c1-29(2)23-16-19(10-12-24(23)34-3)14-15-28-26(31)17-20-11-13-25(35-4)27(22(20)18-30)36-37(32,33)21-8-6-5-7-9-21/h5-13,16,30H,14-15,17-18H2,1-4H3,(H,28,31). The summed E-state index contributed by atoms with van der Waals surface area (Å²) in [5.74, 6) is 0.469. The highest BCUT2D eigenvalue weighted by molar-refractivity contribution is 7.87. The second kappa shape index (κ2) is 12.5. The zero-order valence-electron chi connectivity index (χ0n) is 21.4. The van der Waals surface area contributed by atoms with Crippen LogP contribution >= 0.6 is 0 Å². The Morgan fingerprint density at radius 1 is 0.973 bits per heavy atom. The van der Waals surface area contributed by atoms with E-state index in [1.165, 1.54) is 25.3 Å². The van der Waals surface area contributed by atoms with Crippen LogP contribution in [-0.4, -0.2) is 54.3 Å². The third-order valence-electron chi connectivity index (χ3n) is 5.74. The van der Waals surface area contributed by atoms with Crippen molar-refractivity contribution in [3.8, 4) is 17.2 Å². The molecular formula is C27H32N2O7S. The van der Waals surface area contributed by atoms with Crippen LogP contribution in [0.15, 0.2) is 65.6 Å². The molecule has 0 aromatic heterocycles. The van der Waals surface area contributed by atoms with Crippen molar-refractivity contribution >= 4 is 21.7 Å². The minimum Gasteiger partial charge on any atom is -0.495 e. The molecule has 0 bridgehead atoms. The number of aliphatic hydroxyl groups is 1. The number of ether oxygens (including phenoxy) is 2. The third kappa shape index (κ3) is 6.93. The fraction of sp³-hybridized carbons (Fsp3) is 0.296. The number of nitrogens with zero attached hydrogens (tertiary/aromatic N) is 1. The fourth-order valence-corrected chi connectivity index (χ4v) is 4.79. The Hall–Kier alpha value is -3.76. The zero-order chi connectivity index (χ0) is 27.0. The first-order valence-electron chi connectivity index (χ1n) is 11.6. The number of hydrogen-bond acceptors (Lipinski definition) is 8. The maximum atomic E-state index is 12.8. The molecule has 0 atom stereocenters. The Morgan fingerprint density at radius 2 is 1.65 bits per heavy atom. The average molecular weight is 529 g/mol. The topological polar surface area (TPSA) is 114 Å². The van der Waals surface area contributed by atoms with Crippen LogP contribution in [0, 0.1) is 0 Å². The summed E-state index contributed by atoms with van der Waals surface area (Å²) in [6.07, 6.45) is 0.531. The molecule has 0 saturated heterocycles. The van der Waals surface area contributed by atoms with Crippen LogP contribution in [0.25, 0.3) is 0 Å². The van der Waals surface area contributed by atoms with Gasteiger partial charge in [0.25, 0.3) is 0 Å². The molecule has 0 aliphatic rings. The Balaban J connectivity index is 1.73. The van der Waals surface area contributed by atoms with Crippen molar-refractivity contribution in [2.24, 2.45) is 0 Å². The molecule has 0 radical (unpaired) electrons. The number of nitrogens with one attached hydrogen (secondary N) is 1. The summed E-state index contributed by atoms with van der Waals surface area (Å²) in [5.41, 5.74) is 2.57.